The number of carbonyl (C=O) groups is 1. The monoisotopic (exact) mass is 631 g/mol. The molecule has 0 saturated heterocycles. The molecule has 4 rings (SSSR count). The van der Waals surface area contributed by atoms with Crippen molar-refractivity contribution in [2.75, 3.05) is 6.61 Å². The van der Waals surface area contributed by atoms with Gasteiger partial charge in [-0.25, -0.2) is 14.2 Å². The minimum Gasteiger partial charge on any atom is -0.506 e. The molecule has 0 atom stereocenters. The number of hydrogen-bond acceptors (Lipinski definition) is 6. The smallest absolute Gasteiger partial charge is 0.344 e. The van der Waals surface area contributed by atoms with Gasteiger partial charge in [0.2, 0.25) is 0 Å². The van der Waals surface area contributed by atoms with Crippen molar-refractivity contribution in [3.05, 3.63) is 109 Å². The third-order valence-corrected chi connectivity index (χ3v) is 7.17. The molecule has 36 heavy (non-hydrogen) atoms. The summed E-state index contributed by atoms with van der Waals surface area (Å²) in [5.74, 6) is -0.535. The van der Waals surface area contributed by atoms with Gasteiger partial charge in [0, 0.05) is 0 Å². The van der Waals surface area contributed by atoms with Crippen molar-refractivity contribution < 1.29 is 23.8 Å². The quantitative estimate of drug-likeness (QED) is 0.266. The molecular formula is C27H20Br2FNO4S. The highest BCUT2D eigenvalue weighted by atomic mass is 79.9. The molecule has 1 heterocycles. The van der Waals surface area contributed by atoms with Gasteiger partial charge < -0.3 is 14.6 Å². The number of aliphatic hydroxyl groups is 1. The fourth-order valence-corrected chi connectivity index (χ4v) is 5.79. The number of para-hydroxylation sites is 1. The summed E-state index contributed by atoms with van der Waals surface area (Å²) in [5, 5.41) is 11.3. The number of hydrogen-bond donors (Lipinski definition) is 1. The Bertz CT molecular complexity index is 1350. The third-order valence-electron chi connectivity index (χ3n) is 4.97. The molecule has 0 unspecified atom stereocenters. The lowest BCUT2D eigenvalue weighted by atomic mass is 10.1. The van der Waals surface area contributed by atoms with E-state index >= 15 is 0 Å². The first-order valence-electron chi connectivity index (χ1n) is 10.9. The minimum absolute atomic E-state index is 0.0364. The van der Waals surface area contributed by atoms with Crippen molar-refractivity contribution >= 4 is 66.4 Å². The molecule has 1 aliphatic heterocycles. The first kappa shape index (κ1) is 26.2. The summed E-state index contributed by atoms with van der Waals surface area (Å²) in [6.07, 6.45) is 1.76. The molecule has 3 aromatic rings. The molecule has 0 bridgehead atoms. The Morgan fingerprint density at radius 1 is 1.08 bits per heavy atom. The first-order valence-corrected chi connectivity index (χ1v) is 13.3. The molecule has 0 amide bonds. The van der Waals surface area contributed by atoms with Gasteiger partial charge in [-0.15, -0.1) is 0 Å². The van der Waals surface area contributed by atoms with Crippen LogP contribution in [0.1, 0.15) is 18.1 Å². The van der Waals surface area contributed by atoms with Gasteiger partial charge in [0.25, 0.3) is 0 Å². The number of halogens is 3. The molecule has 3 aromatic carbocycles. The topological polar surface area (TPSA) is 68.1 Å². The van der Waals surface area contributed by atoms with E-state index in [1.54, 1.807) is 25.1 Å². The van der Waals surface area contributed by atoms with Crippen molar-refractivity contribution in [2.45, 2.75) is 13.5 Å². The van der Waals surface area contributed by atoms with Gasteiger partial charge in [-0.05, 0) is 92.4 Å². The van der Waals surface area contributed by atoms with E-state index < -0.39 is 5.97 Å². The van der Waals surface area contributed by atoms with Gasteiger partial charge in [-0.1, -0.05) is 42.1 Å². The highest BCUT2D eigenvalue weighted by Crippen LogP contribution is 2.42. The van der Waals surface area contributed by atoms with Crippen LogP contribution in [0, 0.1) is 5.82 Å². The van der Waals surface area contributed by atoms with Crippen molar-refractivity contribution in [1.29, 1.82) is 0 Å². The molecule has 0 aliphatic carbocycles. The van der Waals surface area contributed by atoms with E-state index in [-0.39, 0.29) is 30.4 Å². The zero-order valence-electron chi connectivity index (χ0n) is 19.0. The SMILES string of the molecule is CCOC(=O)C1=C(O)/C(=C/c2cc(Br)c(OCc3ccc(F)cc3)c(Br)c2)SC1=Nc1ccccc1. The van der Waals surface area contributed by atoms with Crippen LogP contribution in [-0.2, 0) is 16.1 Å². The normalized spacial score (nSPS) is 15.6. The number of carbonyl (C=O) groups excluding carboxylic acids is 1. The number of ether oxygens (including phenoxy) is 2. The van der Waals surface area contributed by atoms with Gasteiger partial charge in [0.05, 0.1) is 26.1 Å². The molecule has 9 heteroatoms. The Labute approximate surface area is 229 Å². The second-order valence-corrected chi connectivity index (χ2v) is 10.3. The number of rotatable bonds is 7. The van der Waals surface area contributed by atoms with Gasteiger partial charge in [0.15, 0.2) is 0 Å². The van der Waals surface area contributed by atoms with Crippen LogP contribution in [0.15, 0.2) is 96.9 Å². The summed E-state index contributed by atoms with van der Waals surface area (Å²) in [6.45, 7) is 2.15. The lowest BCUT2D eigenvalue weighted by molar-refractivity contribution is -0.138. The van der Waals surface area contributed by atoms with Gasteiger partial charge in [0.1, 0.15) is 34.5 Å². The first-order chi connectivity index (χ1) is 17.4. The number of esters is 1. The number of aliphatic hydroxyl groups excluding tert-OH is 1. The predicted molar refractivity (Wildman–Crippen MR) is 148 cm³/mol. The maximum Gasteiger partial charge on any atom is 0.344 e. The standard InChI is InChI=1S/C27H20Br2FNO4S/c1-2-34-27(33)23-24(32)22(36-26(23)31-19-6-4-3-5-7-19)14-17-12-20(28)25(21(29)13-17)35-15-16-8-10-18(30)11-9-16/h3-14,32H,2,15H2,1H3/b22-14-,31-26?. The molecule has 0 radical (unpaired) electrons. The summed E-state index contributed by atoms with van der Waals surface area (Å²) in [4.78, 5) is 17.6. The van der Waals surface area contributed by atoms with E-state index in [9.17, 15) is 14.3 Å². The van der Waals surface area contributed by atoms with E-state index in [1.165, 1.54) is 23.9 Å². The largest absolute Gasteiger partial charge is 0.506 e. The van der Waals surface area contributed by atoms with Crippen LogP contribution in [0.3, 0.4) is 0 Å². The van der Waals surface area contributed by atoms with Crippen LogP contribution in [0.25, 0.3) is 6.08 Å². The molecule has 5 nitrogen and oxygen atoms in total. The second-order valence-electron chi connectivity index (χ2n) is 7.54. The van der Waals surface area contributed by atoms with Crippen LogP contribution in [-0.4, -0.2) is 22.7 Å². The molecule has 184 valence electrons. The molecule has 0 spiro atoms. The highest BCUT2D eigenvalue weighted by Gasteiger charge is 2.33. The molecular weight excluding hydrogens is 613 g/mol. The summed E-state index contributed by atoms with van der Waals surface area (Å²) in [6, 6.07) is 19.0. The molecule has 1 aliphatic rings. The van der Waals surface area contributed by atoms with Crippen LogP contribution >= 0.6 is 43.6 Å². The second kappa shape index (κ2) is 11.9. The Morgan fingerprint density at radius 3 is 2.39 bits per heavy atom. The maximum atomic E-state index is 13.1. The Balaban J connectivity index is 1.62. The van der Waals surface area contributed by atoms with Gasteiger partial charge in [-0.2, -0.15) is 0 Å². The minimum atomic E-state index is -0.632. The molecule has 0 aromatic heterocycles. The Hall–Kier alpha value is -2.88. The summed E-state index contributed by atoms with van der Waals surface area (Å²) in [5.41, 5.74) is 2.27. The number of aliphatic imine (C=N–C) groups is 1. The maximum absolute atomic E-state index is 13.1. The summed E-state index contributed by atoms with van der Waals surface area (Å²) >= 11 is 8.26. The van der Waals surface area contributed by atoms with Gasteiger partial charge in [-0.3, -0.25) is 0 Å². The fourth-order valence-electron chi connectivity index (χ4n) is 3.30. The van der Waals surface area contributed by atoms with Crippen LogP contribution in [0.2, 0.25) is 0 Å². The van der Waals surface area contributed by atoms with E-state index in [1.807, 2.05) is 42.5 Å². The molecule has 1 N–H and O–H groups in total. The van der Waals surface area contributed by atoms with E-state index in [0.29, 0.717) is 30.3 Å². The van der Waals surface area contributed by atoms with E-state index in [4.69, 9.17) is 9.47 Å². The lowest BCUT2D eigenvalue weighted by Crippen LogP contribution is -2.12. The zero-order valence-corrected chi connectivity index (χ0v) is 23.0. The highest BCUT2D eigenvalue weighted by molar-refractivity contribution is 9.11. The average Bonchev–Trinajstić information content (AvgIpc) is 3.14. The average molecular weight is 633 g/mol. The van der Waals surface area contributed by atoms with E-state index in [2.05, 4.69) is 36.9 Å². The van der Waals surface area contributed by atoms with Crippen molar-refractivity contribution in [1.82, 2.24) is 0 Å². The Morgan fingerprint density at radius 2 is 1.75 bits per heavy atom. The summed E-state index contributed by atoms with van der Waals surface area (Å²) in [7, 11) is 0. The van der Waals surface area contributed by atoms with Crippen LogP contribution in [0.5, 0.6) is 5.75 Å². The fraction of sp³-hybridized carbons (Fsp3) is 0.111. The number of thioether (sulfide) groups is 1. The molecule has 0 fully saturated rings. The van der Waals surface area contributed by atoms with Crippen molar-refractivity contribution in [3.8, 4) is 5.75 Å². The van der Waals surface area contributed by atoms with Crippen LogP contribution < -0.4 is 4.74 Å². The Kier molecular flexibility index (Phi) is 8.66. The molecule has 0 saturated carbocycles. The number of benzene rings is 3. The lowest BCUT2D eigenvalue weighted by Gasteiger charge is -2.12. The van der Waals surface area contributed by atoms with E-state index in [0.717, 1.165) is 11.1 Å². The predicted octanol–water partition coefficient (Wildman–Crippen LogP) is 8.12. The number of nitrogens with zero attached hydrogens (tertiary/aromatic N) is 1. The third kappa shape index (κ3) is 6.27. The summed E-state index contributed by atoms with van der Waals surface area (Å²) < 4.78 is 25.6. The van der Waals surface area contributed by atoms with Crippen LogP contribution in [0.4, 0.5) is 10.1 Å². The van der Waals surface area contributed by atoms with Gasteiger partial charge >= 0.3 is 5.97 Å². The van der Waals surface area contributed by atoms with Crippen molar-refractivity contribution in [2.24, 2.45) is 4.99 Å². The zero-order chi connectivity index (χ0) is 25.7. The van der Waals surface area contributed by atoms with Crippen molar-refractivity contribution in [3.63, 3.8) is 0 Å².